The Kier molecular flexibility index (Phi) is 9.43. The number of methoxy groups -OCH3 is 1. The number of ether oxygens (including phenoxy) is 1. The predicted molar refractivity (Wildman–Crippen MR) is 159 cm³/mol. The van der Waals surface area contributed by atoms with Crippen LogP contribution < -0.4 is 26.0 Å². The second-order valence-corrected chi connectivity index (χ2v) is 11.5. The van der Waals surface area contributed by atoms with Gasteiger partial charge in [0.15, 0.2) is 0 Å². The van der Waals surface area contributed by atoms with Crippen LogP contribution in [0.1, 0.15) is 40.5 Å². The topological polar surface area (TPSA) is 138 Å². The van der Waals surface area contributed by atoms with E-state index >= 15 is 0 Å². The Labute approximate surface area is 248 Å². The maximum Gasteiger partial charge on any atom is 0.249 e. The molecule has 0 saturated carbocycles. The lowest BCUT2D eigenvalue weighted by Gasteiger charge is -2.35. The van der Waals surface area contributed by atoms with Gasteiger partial charge in [0.05, 0.1) is 18.7 Å². The number of hydrogen-bond acceptors (Lipinski definition) is 8. The number of nitrogens with one attached hydrogen (secondary N) is 4. The zero-order valence-electron chi connectivity index (χ0n) is 25.0. The number of para-hydroxylation sites is 1. The summed E-state index contributed by atoms with van der Waals surface area (Å²) in [6.07, 6.45) is 0.971. The van der Waals surface area contributed by atoms with Crippen molar-refractivity contribution in [2.45, 2.75) is 58.7 Å². The van der Waals surface area contributed by atoms with Crippen molar-refractivity contribution < 1.29 is 27.9 Å². The fraction of sp³-hybridized carbons (Fsp3) is 0.433. The van der Waals surface area contributed by atoms with Crippen LogP contribution in [0.25, 0.3) is 10.9 Å². The third kappa shape index (κ3) is 6.99. The normalized spacial score (nSPS) is 16.5. The fourth-order valence-corrected chi connectivity index (χ4v) is 4.83. The Bertz CT molecular complexity index is 1510. The smallest absolute Gasteiger partial charge is 0.249 e. The number of anilines is 3. The summed E-state index contributed by atoms with van der Waals surface area (Å²) in [7, 11) is 3.13. The second kappa shape index (κ2) is 12.9. The minimum absolute atomic E-state index is 0.0560. The van der Waals surface area contributed by atoms with Crippen molar-refractivity contribution in [3.63, 3.8) is 0 Å². The van der Waals surface area contributed by atoms with Gasteiger partial charge in [0.25, 0.3) is 0 Å². The SMILES string of the molecule is CN[C@@H](C)C(=O)N[C@H](C(=O)N1CCCC1C(=O)Nc1nc(Nc2c(F)cccc2F)c2ccc(OC)cc2n1)C(C)(C)C. The van der Waals surface area contributed by atoms with Gasteiger partial charge in [-0.2, -0.15) is 4.98 Å². The number of nitrogens with zero attached hydrogens (tertiary/aromatic N) is 3. The summed E-state index contributed by atoms with van der Waals surface area (Å²) < 4.78 is 34.3. The highest BCUT2D eigenvalue weighted by Crippen LogP contribution is 2.31. The number of amides is 3. The monoisotopic (exact) mass is 597 g/mol. The number of halogens is 2. The molecule has 4 rings (SSSR count). The molecule has 4 N–H and O–H groups in total. The first-order valence-electron chi connectivity index (χ1n) is 14.0. The van der Waals surface area contributed by atoms with Crippen LogP contribution in [0, 0.1) is 17.0 Å². The Hall–Kier alpha value is -4.39. The van der Waals surface area contributed by atoms with E-state index in [-0.39, 0.29) is 23.6 Å². The lowest BCUT2D eigenvalue weighted by atomic mass is 9.85. The van der Waals surface area contributed by atoms with Gasteiger partial charge in [-0.05, 0) is 56.5 Å². The van der Waals surface area contributed by atoms with Crippen LogP contribution in [-0.4, -0.2) is 71.4 Å². The van der Waals surface area contributed by atoms with Crippen LogP contribution in [0.5, 0.6) is 5.75 Å². The highest BCUT2D eigenvalue weighted by atomic mass is 19.1. The van der Waals surface area contributed by atoms with Gasteiger partial charge in [0, 0.05) is 18.0 Å². The minimum atomic E-state index is -0.875. The van der Waals surface area contributed by atoms with Gasteiger partial charge >= 0.3 is 0 Å². The molecule has 43 heavy (non-hydrogen) atoms. The van der Waals surface area contributed by atoms with Crippen molar-refractivity contribution in [1.82, 2.24) is 25.5 Å². The molecule has 1 saturated heterocycles. The number of carbonyl (C=O) groups is 3. The van der Waals surface area contributed by atoms with E-state index in [4.69, 9.17) is 4.74 Å². The summed E-state index contributed by atoms with van der Waals surface area (Å²) in [4.78, 5) is 50.3. The number of aromatic nitrogens is 2. The third-order valence-electron chi connectivity index (χ3n) is 7.41. The lowest BCUT2D eigenvalue weighted by molar-refractivity contribution is -0.143. The van der Waals surface area contributed by atoms with E-state index in [1.54, 1.807) is 32.2 Å². The Balaban J connectivity index is 1.63. The summed E-state index contributed by atoms with van der Waals surface area (Å²) >= 11 is 0. The van der Waals surface area contributed by atoms with Gasteiger partial charge in [0.1, 0.15) is 41.0 Å². The maximum absolute atomic E-state index is 14.5. The first-order chi connectivity index (χ1) is 20.3. The summed E-state index contributed by atoms with van der Waals surface area (Å²) in [6.45, 7) is 7.55. The molecule has 0 aliphatic carbocycles. The Morgan fingerprint density at radius 1 is 1.09 bits per heavy atom. The van der Waals surface area contributed by atoms with Gasteiger partial charge in [-0.3, -0.25) is 19.7 Å². The molecule has 3 atom stereocenters. The third-order valence-corrected chi connectivity index (χ3v) is 7.41. The van der Waals surface area contributed by atoms with E-state index in [0.717, 1.165) is 12.1 Å². The van der Waals surface area contributed by atoms with Gasteiger partial charge in [-0.25, -0.2) is 13.8 Å². The molecule has 0 radical (unpaired) electrons. The molecule has 230 valence electrons. The average molecular weight is 598 g/mol. The molecule has 3 amide bonds. The Morgan fingerprint density at radius 3 is 2.42 bits per heavy atom. The van der Waals surface area contributed by atoms with Crippen molar-refractivity contribution in [1.29, 1.82) is 0 Å². The largest absolute Gasteiger partial charge is 0.497 e. The lowest BCUT2D eigenvalue weighted by Crippen LogP contribution is -2.59. The van der Waals surface area contributed by atoms with Crippen LogP contribution in [0.4, 0.5) is 26.2 Å². The van der Waals surface area contributed by atoms with E-state index in [2.05, 4.69) is 31.2 Å². The molecular weight excluding hydrogens is 560 g/mol. The predicted octanol–water partition coefficient (Wildman–Crippen LogP) is 3.73. The van der Waals surface area contributed by atoms with Gasteiger partial charge < -0.3 is 25.6 Å². The van der Waals surface area contributed by atoms with Crippen LogP contribution >= 0.6 is 0 Å². The molecule has 1 aliphatic rings. The first-order valence-corrected chi connectivity index (χ1v) is 14.0. The highest BCUT2D eigenvalue weighted by Gasteiger charge is 2.42. The molecule has 3 aromatic rings. The number of benzene rings is 2. The van der Waals surface area contributed by atoms with E-state index in [1.165, 1.54) is 18.1 Å². The van der Waals surface area contributed by atoms with Crippen LogP contribution in [0.3, 0.4) is 0 Å². The molecule has 0 bridgehead atoms. The van der Waals surface area contributed by atoms with Crippen LogP contribution in [-0.2, 0) is 14.4 Å². The van der Waals surface area contributed by atoms with E-state index in [9.17, 15) is 23.2 Å². The number of hydrogen-bond donors (Lipinski definition) is 4. The molecule has 11 nitrogen and oxygen atoms in total. The van der Waals surface area contributed by atoms with E-state index in [0.29, 0.717) is 36.0 Å². The zero-order chi connectivity index (χ0) is 31.5. The Morgan fingerprint density at radius 2 is 1.79 bits per heavy atom. The minimum Gasteiger partial charge on any atom is -0.497 e. The van der Waals surface area contributed by atoms with Crippen LogP contribution in [0.2, 0.25) is 0 Å². The van der Waals surface area contributed by atoms with Gasteiger partial charge in [-0.15, -0.1) is 0 Å². The summed E-state index contributed by atoms with van der Waals surface area (Å²) in [5, 5.41) is 11.5. The number of rotatable bonds is 9. The number of likely N-dealkylation sites (N-methyl/N-ethyl adjacent to an activating group) is 1. The van der Waals surface area contributed by atoms with Gasteiger partial charge in [-0.1, -0.05) is 26.8 Å². The molecule has 1 unspecified atom stereocenters. The summed E-state index contributed by atoms with van der Waals surface area (Å²) in [5.74, 6) is -2.48. The zero-order valence-corrected chi connectivity index (χ0v) is 25.0. The highest BCUT2D eigenvalue weighted by molar-refractivity contribution is 6.00. The quantitative estimate of drug-likeness (QED) is 0.293. The van der Waals surface area contributed by atoms with Crippen molar-refractivity contribution in [2.24, 2.45) is 5.41 Å². The van der Waals surface area contributed by atoms with Crippen molar-refractivity contribution >= 4 is 46.1 Å². The first kappa shape index (κ1) is 31.5. The molecule has 13 heteroatoms. The molecule has 1 aliphatic heterocycles. The van der Waals surface area contributed by atoms with Crippen LogP contribution in [0.15, 0.2) is 36.4 Å². The number of fused-ring (bicyclic) bond motifs is 1. The number of likely N-dealkylation sites (tertiary alicyclic amines) is 1. The standard InChI is InChI=1S/C30H37F2N7O4/c1-16(33-5)26(40)36-24(30(2,3)4)28(42)39-14-8-11-22(39)27(41)38-29-34-21-15-17(43-6)12-13-18(21)25(37-29)35-23-19(31)9-7-10-20(23)32/h7,9-10,12-13,15-16,22,24,33H,8,11,14H2,1-6H3,(H,36,40)(H2,34,35,37,38,41)/t16-,22?,24+/m0/s1. The summed E-state index contributed by atoms with van der Waals surface area (Å²) in [5.41, 5.74) is -0.698. The fourth-order valence-electron chi connectivity index (χ4n) is 4.83. The maximum atomic E-state index is 14.5. The second-order valence-electron chi connectivity index (χ2n) is 11.5. The molecule has 0 spiro atoms. The molecule has 1 fully saturated rings. The average Bonchev–Trinajstić information content (AvgIpc) is 3.46. The summed E-state index contributed by atoms with van der Waals surface area (Å²) in [6, 6.07) is 6.11. The number of carbonyl (C=O) groups excluding carboxylic acids is 3. The molecular formula is C30H37F2N7O4. The molecule has 2 heterocycles. The van der Waals surface area contributed by atoms with E-state index in [1.807, 2.05) is 20.8 Å². The molecule has 2 aromatic carbocycles. The van der Waals surface area contributed by atoms with Crippen molar-refractivity contribution in [3.8, 4) is 5.75 Å². The van der Waals surface area contributed by atoms with E-state index < -0.39 is 46.8 Å². The van der Waals surface area contributed by atoms with Crippen molar-refractivity contribution in [3.05, 3.63) is 48.0 Å². The van der Waals surface area contributed by atoms with Crippen molar-refractivity contribution in [2.75, 3.05) is 31.3 Å². The van der Waals surface area contributed by atoms with Gasteiger partial charge in [0.2, 0.25) is 23.7 Å². The molecule has 1 aromatic heterocycles.